The van der Waals surface area contributed by atoms with Crippen molar-refractivity contribution >= 4 is 22.5 Å². The van der Waals surface area contributed by atoms with Crippen LogP contribution < -0.4 is 10.1 Å². The number of halogens is 3. The number of alkyl halides is 2. The van der Waals surface area contributed by atoms with E-state index in [1.54, 1.807) is 17.2 Å². The van der Waals surface area contributed by atoms with Crippen LogP contribution in [0.2, 0.25) is 0 Å². The third-order valence-corrected chi connectivity index (χ3v) is 7.21. The summed E-state index contributed by atoms with van der Waals surface area (Å²) in [6.07, 6.45) is 1.68. The van der Waals surface area contributed by atoms with Crippen molar-refractivity contribution in [2.45, 2.75) is 44.8 Å². The zero-order valence-corrected chi connectivity index (χ0v) is 21.0. The number of nitrogens with zero attached hydrogens (tertiary/aromatic N) is 6. The number of nitrogens with one attached hydrogen (secondary N) is 1. The predicted molar refractivity (Wildman–Crippen MR) is 132 cm³/mol. The first-order valence-corrected chi connectivity index (χ1v) is 12.2. The molecule has 5 heterocycles. The molecule has 2 aliphatic heterocycles. The second kappa shape index (κ2) is 8.59. The molecule has 0 amide bonds. The maximum Gasteiger partial charge on any atom is 0.281 e. The first kappa shape index (κ1) is 24.0. The van der Waals surface area contributed by atoms with Gasteiger partial charge in [-0.15, -0.1) is 5.10 Å². The molecule has 0 spiro atoms. The standard InChI is InChI=1S/C25H28F3N7O2/c1-13(2)35-14(3)29-21-18(26)7-15(8-19(21)35)17-5-6-34-22(17)23(36-4)31-24(32-34)30-20-9-33(12-25(20,27)28)16-10-37-11-16/h5-8,13,16,20H,9-12H2,1-4H3,(H,30,32). The summed E-state index contributed by atoms with van der Waals surface area (Å²) in [6, 6.07) is 4.05. The Morgan fingerprint density at radius 2 is 2.00 bits per heavy atom. The second-order valence-electron chi connectivity index (χ2n) is 9.99. The largest absolute Gasteiger partial charge is 0.479 e. The monoisotopic (exact) mass is 515 g/mol. The molecule has 1 N–H and O–H groups in total. The fourth-order valence-corrected chi connectivity index (χ4v) is 5.34. The predicted octanol–water partition coefficient (Wildman–Crippen LogP) is 3.91. The summed E-state index contributed by atoms with van der Waals surface area (Å²) < 4.78 is 58.8. The molecule has 4 aromatic rings. The lowest BCUT2D eigenvalue weighted by molar-refractivity contribution is -0.0711. The third kappa shape index (κ3) is 3.89. The Hall–Kier alpha value is -3.38. The number of fused-ring (bicyclic) bond motifs is 2. The van der Waals surface area contributed by atoms with Crippen LogP contribution in [0.4, 0.5) is 19.1 Å². The van der Waals surface area contributed by atoms with Gasteiger partial charge in [-0.1, -0.05) is 0 Å². The average Bonchev–Trinajstić information content (AvgIpc) is 3.45. The van der Waals surface area contributed by atoms with Crippen molar-refractivity contribution in [3.05, 3.63) is 36.0 Å². The van der Waals surface area contributed by atoms with Crippen molar-refractivity contribution in [3.63, 3.8) is 0 Å². The van der Waals surface area contributed by atoms with Gasteiger partial charge in [0.15, 0.2) is 5.82 Å². The molecule has 2 saturated heterocycles. The van der Waals surface area contributed by atoms with Gasteiger partial charge in [0.05, 0.1) is 38.4 Å². The maximum atomic E-state index is 15.1. The highest BCUT2D eigenvalue weighted by Gasteiger charge is 2.51. The minimum Gasteiger partial charge on any atom is -0.479 e. The van der Waals surface area contributed by atoms with E-state index in [4.69, 9.17) is 9.47 Å². The van der Waals surface area contributed by atoms with Gasteiger partial charge in [-0.3, -0.25) is 4.90 Å². The van der Waals surface area contributed by atoms with Crippen molar-refractivity contribution in [3.8, 4) is 17.0 Å². The third-order valence-electron chi connectivity index (χ3n) is 7.21. The molecule has 3 aromatic heterocycles. The van der Waals surface area contributed by atoms with E-state index < -0.39 is 17.8 Å². The van der Waals surface area contributed by atoms with E-state index in [0.717, 1.165) is 5.82 Å². The Bertz CT molecular complexity index is 1490. The summed E-state index contributed by atoms with van der Waals surface area (Å²) in [5.74, 6) is -2.44. The van der Waals surface area contributed by atoms with Crippen LogP contribution >= 0.6 is 0 Å². The van der Waals surface area contributed by atoms with Crippen LogP contribution in [-0.4, -0.2) is 80.5 Å². The lowest BCUT2D eigenvalue weighted by Gasteiger charge is -2.34. The number of hydrogen-bond donors (Lipinski definition) is 1. The van der Waals surface area contributed by atoms with Crippen LogP contribution in [-0.2, 0) is 4.74 Å². The van der Waals surface area contributed by atoms with Gasteiger partial charge in [0, 0.05) is 24.3 Å². The van der Waals surface area contributed by atoms with Crippen LogP contribution in [0.1, 0.15) is 25.7 Å². The van der Waals surface area contributed by atoms with Crippen LogP contribution in [0.15, 0.2) is 24.4 Å². The molecular formula is C25H28F3N7O2. The van der Waals surface area contributed by atoms with Gasteiger partial charge in [0.1, 0.15) is 22.9 Å². The molecule has 1 unspecified atom stereocenters. The number of benzene rings is 1. The molecule has 0 aliphatic carbocycles. The number of aromatic nitrogens is 5. The Balaban J connectivity index is 1.38. The van der Waals surface area contributed by atoms with Gasteiger partial charge in [-0.05, 0) is 44.5 Å². The molecule has 0 bridgehead atoms. The second-order valence-corrected chi connectivity index (χ2v) is 9.99. The highest BCUT2D eigenvalue weighted by atomic mass is 19.3. The van der Waals surface area contributed by atoms with Crippen molar-refractivity contribution < 1.29 is 22.6 Å². The topological polar surface area (TPSA) is 81.7 Å². The number of likely N-dealkylation sites (tertiary alicyclic amines) is 1. The fraction of sp³-hybridized carbons (Fsp3) is 0.480. The molecular weight excluding hydrogens is 487 g/mol. The van der Waals surface area contributed by atoms with Crippen molar-refractivity contribution in [2.75, 3.05) is 38.7 Å². The molecule has 0 radical (unpaired) electrons. The Morgan fingerprint density at radius 1 is 1.22 bits per heavy atom. The van der Waals surface area contributed by atoms with E-state index in [2.05, 4.69) is 20.4 Å². The molecule has 37 heavy (non-hydrogen) atoms. The highest BCUT2D eigenvalue weighted by molar-refractivity contribution is 5.90. The first-order chi connectivity index (χ1) is 17.7. The zero-order chi connectivity index (χ0) is 26.1. The van der Waals surface area contributed by atoms with Gasteiger partial charge in [0.25, 0.3) is 5.92 Å². The van der Waals surface area contributed by atoms with E-state index in [0.29, 0.717) is 40.9 Å². The normalized spacial score (nSPS) is 20.3. The lowest BCUT2D eigenvalue weighted by atomic mass is 10.1. The Morgan fingerprint density at radius 3 is 2.68 bits per heavy atom. The molecule has 9 nitrogen and oxygen atoms in total. The zero-order valence-electron chi connectivity index (χ0n) is 21.0. The minimum atomic E-state index is -2.95. The van der Waals surface area contributed by atoms with Gasteiger partial charge < -0.3 is 19.4 Å². The minimum absolute atomic E-state index is 0.0103. The molecule has 1 atom stereocenters. The average molecular weight is 516 g/mol. The number of aryl methyl sites for hydroxylation is 1. The first-order valence-electron chi connectivity index (χ1n) is 12.2. The van der Waals surface area contributed by atoms with E-state index in [9.17, 15) is 8.78 Å². The number of methoxy groups -OCH3 is 1. The van der Waals surface area contributed by atoms with E-state index >= 15 is 4.39 Å². The van der Waals surface area contributed by atoms with Crippen molar-refractivity contribution in [1.82, 2.24) is 29.0 Å². The van der Waals surface area contributed by atoms with Crippen LogP contribution in [0.25, 0.3) is 27.7 Å². The molecule has 6 rings (SSSR count). The fourth-order valence-electron chi connectivity index (χ4n) is 5.34. The quantitative estimate of drug-likeness (QED) is 0.417. The van der Waals surface area contributed by atoms with Crippen LogP contribution in [0, 0.1) is 12.7 Å². The molecule has 12 heteroatoms. The number of anilines is 1. The Kier molecular flexibility index (Phi) is 5.57. The molecule has 1 aromatic carbocycles. The summed E-state index contributed by atoms with van der Waals surface area (Å²) >= 11 is 0. The Labute approximate surface area is 211 Å². The summed E-state index contributed by atoms with van der Waals surface area (Å²) in [4.78, 5) is 10.5. The van der Waals surface area contributed by atoms with Gasteiger partial charge >= 0.3 is 0 Å². The van der Waals surface area contributed by atoms with Gasteiger partial charge in [0.2, 0.25) is 11.8 Å². The highest BCUT2D eigenvalue weighted by Crippen LogP contribution is 2.36. The van der Waals surface area contributed by atoms with E-state index in [1.807, 2.05) is 31.4 Å². The number of hydrogen-bond acceptors (Lipinski definition) is 7. The number of ether oxygens (including phenoxy) is 2. The molecule has 196 valence electrons. The van der Waals surface area contributed by atoms with Crippen LogP contribution in [0.5, 0.6) is 5.88 Å². The maximum absolute atomic E-state index is 15.1. The van der Waals surface area contributed by atoms with Crippen molar-refractivity contribution in [2.24, 2.45) is 0 Å². The summed E-state index contributed by atoms with van der Waals surface area (Å²) in [5, 5.41) is 7.23. The summed E-state index contributed by atoms with van der Waals surface area (Å²) in [7, 11) is 1.45. The molecule has 2 aliphatic rings. The van der Waals surface area contributed by atoms with E-state index in [-0.39, 0.29) is 37.0 Å². The van der Waals surface area contributed by atoms with Gasteiger partial charge in [-0.2, -0.15) is 4.98 Å². The summed E-state index contributed by atoms with van der Waals surface area (Å²) in [5.41, 5.74) is 2.77. The van der Waals surface area contributed by atoms with Crippen LogP contribution in [0.3, 0.4) is 0 Å². The lowest BCUT2D eigenvalue weighted by Crippen LogP contribution is -2.48. The van der Waals surface area contributed by atoms with Crippen molar-refractivity contribution in [1.29, 1.82) is 0 Å². The number of rotatable bonds is 6. The smallest absolute Gasteiger partial charge is 0.281 e. The van der Waals surface area contributed by atoms with Gasteiger partial charge in [-0.25, -0.2) is 22.7 Å². The summed E-state index contributed by atoms with van der Waals surface area (Å²) in [6.45, 7) is 6.64. The van der Waals surface area contributed by atoms with E-state index in [1.165, 1.54) is 17.7 Å². The molecule has 0 saturated carbocycles. The molecule has 2 fully saturated rings. The SMILES string of the molecule is COc1nc(NC2CN(C3COC3)CC2(F)F)nn2ccc(-c3cc(F)c4nc(C)n(C(C)C)c4c3)c12. The number of imidazole rings is 1.